The van der Waals surface area contributed by atoms with Crippen LogP contribution in [0.1, 0.15) is 52.6 Å². The molecule has 0 bridgehead atoms. The van der Waals surface area contributed by atoms with Gasteiger partial charge in [-0.2, -0.15) is 50.5 Å². The van der Waals surface area contributed by atoms with Crippen molar-refractivity contribution in [2.24, 2.45) is 0 Å². The Morgan fingerprint density at radius 3 is 0.965 bits per heavy atom. The molecule has 0 aromatic heterocycles. The smallest absolute Gasteiger partial charge is 0.297 e. The summed E-state index contributed by atoms with van der Waals surface area (Å²) in [5.41, 5.74) is -0.220. The SMILES string of the molecule is Cc1cc(C(=O)Nc2cc(S(=O)(=O)O)c3cc(S(=O)(=O)O)ccc3c2S(=O)(=O)O)ccc1NC(=O)c1cccc(NC(=S)Nc2cccc(C(=O)Nc3ccc(C(=O)Nc4cc(S(=O)(=O)O)c5cc(S(=O)(=O)O)ccc5c4S(=O)(=O)O)cc3C)c2)c1. The zero-order valence-corrected chi connectivity index (χ0v) is 49.0. The van der Waals surface area contributed by atoms with E-state index >= 15 is 0 Å². The summed E-state index contributed by atoms with van der Waals surface area (Å²) in [4.78, 5) is 47.9. The van der Waals surface area contributed by atoms with Crippen LogP contribution in [0.2, 0.25) is 0 Å². The fourth-order valence-electron chi connectivity index (χ4n) is 8.62. The number of fused-ring (bicyclic) bond motifs is 2. The average molecular weight is 1310 g/mol. The zero-order valence-electron chi connectivity index (χ0n) is 43.3. The third kappa shape index (κ3) is 14.2. The highest BCUT2D eigenvalue weighted by molar-refractivity contribution is 7.87. The molecule has 8 rings (SSSR count). The Balaban J connectivity index is 0.910. The number of amides is 4. The highest BCUT2D eigenvalue weighted by Gasteiger charge is 2.31. The Kier molecular flexibility index (Phi) is 17.2. The summed E-state index contributed by atoms with van der Waals surface area (Å²) in [7, 11) is -31.2. The highest BCUT2D eigenvalue weighted by atomic mass is 32.2. The van der Waals surface area contributed by atoms with Crippen molar-refractivity contribution in [2.45, 2.75) is 43.2 Å². The molecule has 12 N–H and O–H groups in total. The summed E-state index contributed by atoms with van der Waals surface area (Å²) in [6, 6.07) is 24.4. The maximum atomic E-state index is 13.5. The largest absolute Gasteiger partial charge is 0.332 e. The molecule has 0 fully saturated rings. The molecule has 0 aliphatic heterocycles. The van der Waals surface area contributed by atoms with E-state index in [1.807, 2.05) is 0 Å². The van der Waals surface area contributed by atoms with E-state index < -0.39 is 147 Å². The maximum Gasteiger partial charge on any atom is 0.297 e. The van der Waals surface area contributed by atoms with Gasteiger partial charge in [-0.15, -0.1) is 0 Å². The first-order chi connectivity index (χ1) is 39.8. The van der Waals surface area contributed by atoms with Gasteiger partial charge in [0.2, 0.25) is 0 Å². The molecule has 8 aromatic rings. The second-order valence-electron chi connectivity index (χ2n) is 18.4. The fourth-order valence-corrected chi connectivity index (χ4v) is 13.0. The van der Waals surface area contributed by atoms with Gasteiger partial charge in [-0.25, -0.2) is 0 Å². The first-order valence-electron chi connectivity index (χ1n) is 23.6. The number of carbonyl (C=O) groups excluding carboxylic acids is 4. The molecule has 0 aliphatic carbocycles. The molecule has 0 aliphatic rings. The van der Waals surface area contributed by atoms with Crippen molar-refractivity contribution in [3.63, 3.8) is 0 Å². The Bertz CT molecular complexity index is 4710. The number of hydrogen-bond acceptors (Lipinski definition) is 17. The maximum absolute atomic E-state index is 13.5. The van der Waals surface area contributed by atoms with Gasteiger partial charge in [0.1, 0.15) is 19.6 Å². The molecule has 0 unspecified atom stereocenters. The first-order valence-corrected chi connectivity index (χ1v) is 32.6. The van der Waals surface area contributed by atoms with E-state index in [2.05, 4.69) is 31.9 Å². The van der Waals surface area contributed by atoms with Crippen LogP contribution in [0.25, 0.3) is 21.5 Å². The molecule has 0 saturated carbocycles. The molecule has 8 aromatic carbocycles. The number of thiocarbonyl (C=S) groups is 1. The number of rotatable bonds is 16. The van der Waals surface area contributed by atoms with Crippen LogP contribution in [0.4, 0.5) is 34.1 Å². The summed E-state index contributed by atoms with van der Waals surface area (Å²) < 4.78 is 206. The Hall–Kier alpha value is -8.69. The molecule has 0 saturated heterocycles. The highest BCUT2D eigenvalue weighted by Crippen LogP contribution is 2.39. The monoisotopic (exact) mass is 1310 g/mol. The number of hydrogen-bond donors (Lipinski definition) is 12. The topological polar surface area (TPSA) is 467 Å². The fraction of sp³-hybridized carbons (Fsp3) is 0.0392. The van der Waals surface area contributed by atoms with Crippen molar-refractivity contribution in [3.8, 4) is 0 Å². The van der Waals surface area contributed by atoms with Crippen molar-refractivity contribution in [1.29, 1.82) is 0 Å². The molecule has 28 nitrogen and oxygen atoms in total. The normalized spacial score (nSPS) is 12.3. The summed E-state index contributed by atoms with van der Waals surface area (Å²) in [5, 5.41) is 12.8. The van der Waals surface area contributed by atoms with Crippen LogP contribution in [0.5, 0.6) is 0 Å². The molecular weight excluding hydrogens is 1270 g/mol. The average Bonchev–Trinajstić information content (AvgIpc) is 0.808. The number of benzene rings is 8. The summed E-state index contributed by atoms with van der Waals surface area (Å²) in [6.45, 7) is 2.99. The van der Waals surface area contributed by atoms with Gasteiger partial charge in [0.25, 0.3) is 84.3 Å². The van der Waals surface area contributed by atoms with Crippen molar-refractivity contribution in [3.05, 3.63) is 167 Å². The van der Waals surface area contributed by atoms with Gasteiger partial charge in [-0.05, 0) is 146 Å². The molecule has 0 spiro atoms. The van der Waals surface area contributed by atoms with E-state index in [1.165, 1.54) is 86.6 Å². The van der Waals surface area contributed by atoms with Crippen LogP contribution in [-0.4, -0.2) is 107 Å². The second kappa shape index (κ2) is 23.3. The molecule has 448 valence electrons. The lowest BCUT2D eigenvalue weighted by atomic mass is 10.1. The lowest BCUT2D eigenvalue weighted by Crippen LogP contribution is -2.20. The number of carbonyl (C=O) groups is 4. The van der Waals surface area contributed by atoms with Crippen molar-refractivity contribution < 1.29 is 97.0 Å². The van der Waals surface area contributed by atoms with Gasteiger partial charge >= 0.3 is 0 Å². The predicted octanol–water partition coefficient (Wildman–Crippen LogP) is 6.91. The third-order valence-corrected chi connectivity index (χ3v) is 18.0. The van der Waals surface area contributed by atoms with Crippen LogP contribution in [0.15, 0.2) is 163 Å². The van der Waals surface area contributed by atoms with Crippen LogP contribution >= 0.6 is 12.2 Å². The van der Waals surface area contributed by atoms with Crippen molar-refractivity contribution in [2.75, 3.05) is 31.9 Å². The van der Waals surface area contributed by atoms with E-state index in [4.69, 9.17) is 12.2 Å². The van der Waals surface area contributed by atoms with Gasteiger partial charge in [0.05, 0.1) is 21.2 Å². The molecule has 86 heavy (non-hydrogen) atoms. The molecular formula is C51H40N6O22S7. The molecule has 0 radical (unpaired) electrons. The van der Waals surface area contributed by atoms with Crippen molar-refractivity contribution in [1.82, 2.24) is 0 Å². The summed E-state index contributed by atoms with van der Waals surface area (Å²) in [5.74, 6) is -3.43. The van der Waals surface area contributed by atoms with E-state index in [9.17, 15) is 97.0 Å². The molecule has 0 heterocycles. The molecule has 4 amide bonds. The zero-order chi connectivity index (χ0) is 63.4. The minimum atomic E-state index is -5.34. The second-order valence-corrected chi connectivity index (χ2v) is 27.1. The summed E-state index contributed by atoms with van der Waals surface area (Å²) in [6.07, 6.45) is 0. The first kappa shape index (κ1) is 63.3. The molecule has 35 heteroatoms. The Labute approximate surface area is 493 Å². The third-order valence-electron chi connectivity index (χ3n) is 12.4. The minimum Gasteiger partial charge on any atom is -0.332 e. The van der Waals surface area contributed by atoms with Gasteiger partial charge in [-0.3, -0.25) is 46.5 Å². The standard InChI is InChI=1S/C51H40N6O22S7/c1-25-17-29(49(60)56-41-23-43(83(68,69)70)37-21-33(81(62,63)64)11-13-35(37)45(41)85(74,75)76)9-15-39(25)54-47(58)27-5-3-7-31(19-27)52-51(80)53-32-8-4-6-28(20-32)48(59)55-40-16-10-30(18-26(40)2)50(61)57-42-24-44(84(71,72)73)38-22-34(82(65,66)67)12-14-36(38)46(42)86(77,78)79/h3-24H,1-2H3,(H,54,58)(H,55,59)(H,56,60)(H,57,61)(H2,52,53,80)(H,62,63,64)(H,65,66,67)(H,68,69,70)(H,71,72,73)(H,74,75,76)(H,77,78,79). The molecule has 0 atom stereocenters. The lowest BCUT2D eigenvalue weighted by Gasteiger charge is -2.16. The van der Waals surface area contributed by atoms with Gasteiger partial charge in [0.15, 0.2) is 5.11 Å². The quantitative estimate of drug-likeness (QED) is 0.0345. The van der Waals surface area contributed by atoms with Crippen LogP contribution in [0, 0.1) is 13.8 Å². The van der Waals surface area contributed by atoms with E-state index in [1.54, 1.807) is 12.1 Å². The van der Waals surface area contributed by atoms with Gasteiger partial charge in [0, 0.05) is 66.5 Å². The minimum absolute atomic E-state index is 0.00956. The van der Waals surface area contributed by atoms with Gasteiger partial charge in [-0.1, -0.05) is 24.3 Å². The summed E-state index contributed by atoms with van der Waals surface area (Å²) >= 11 is 5.49. The number of aryl methyl sites for hydroxylation is 2. The van der Waals surface area contributed by atoms with E-state index in [0.29, 0.717) is 47.8 Å². The number of nitrogens with one attached hydrogen (secondary N) is 6. The van der Waals surface area contributed by atoms with Gasteiger partial charge < -0.3 is 31.9 Å². The van der Waals surface area contributed by atoms with E-state index in [0.717, 1.165) is 12.1 Å². The lowest BCUT2D eigenvalue weighted by molar-refractivity contribution is 0.101. The Morgan fingerprint density at radius 1 is 0.337 bits per heavy atom. The van der Waals surface area contributed by atoms with Crippen molar-refractivity contribution >= 4 is 157 Å². The van der Waals surface area contributed by atoms with E-state index in [-0.39, 0.29) is 49.9 Å². The Morgan fingerprint density at radius 2 is 0.663 bits per heavy atom. The van der Waals surface area contributed by atoms with Crippen LogP contribution in [0.3, 0.4) is 0 Å². The predicted molar refractivity (Wildman–Crippen MR) is 314 cm³/mol. The van der Waals surface area contributed by atoms with Crippen LogP contribution in [-0.2, 0) is 60.7 Å². The number of anilines is 6. The van der Waals surface area contributed by atoms with Crippen LogP contribution < -0.4 is 31.9 Å².